The van der Waals surface area contributed by atoms with Crippen molar-refractivity contribution in [2.75, 3.05) is 18.8 Å². The van der Waals surface area contributed by atoms with Crippen LogP contribution in [0.15, 0.2) is 12.3 Å². The predicted molar refractivity (Wildman–Crippen MR) is 77.2 cm³/mol. The Morgan fingerprint density at radius 1 is 1.40 bits per heavy atom. The van der Waals surface area contributed by atoms with Crippen LogP contribution in [-0.2, 0) is 4.79 Å². The number of nitrogens with zero attached hydrogens (tertiary/aromatic N) is 4. The van der Waals surface area contributed by atoms with E-state index in [0.717, 1.165) is 37.0 Å². The van der Waals surface area contributed by atoms with Crippen LogP contribution in [0.4, 0.5) is 5.95 Å². The maximum Gasteiger partial charge on any atom is 0.245 e. The van der Waals surface area contributed by atoms with Crippen molar-refractivity contribution in [1.29, 1.82) is 0 Å². The third-order valence-electron chi connectivity index (χ3n) is 3.86. The van der Waals surface area contributed by atoms with Gasteiger partial charge in [-0.1, -0.05) is 0 Å². The van der Waals surface area contributed by atoms with Crippen LogP contribution in [-0.4, -0.2) is 38.4 Å². The molecule has 1 atom stereocenters. The van der Waals surface area contributed by atoms with Gasteiger partial charge in [0, 0.05) is 19.3 Å². The highest BCUT2D eigenvalue weighted by Gasteiger charge is 2.27. The summed E-state index contributed by atoms with van der Waals surface area (Å²) >= 11 is 0. The highest BCUT2D eigenvalue weighted by Crippen LogP contribution is 2.24. The van der Waals surface area contributed by atoms with Gasteiger partial charge in [0.05, 0.1) is 0 Å². The average molecular weight is 273 g/mol. The molecule has 3 heterocycles. The number of nitrogen functional groups attached to an aromatic ring is 1. The fourth-order valence-electron chi connectivity index (χ4n) is 2.79. The molecular weight excluding hydrogens is 254 g/mol. The van der Waals surface area contributed by atoms with E-state index in [1.54, 1.807) is 10.8 Å². The van der Waals surface area contributed by atoms with Crippen molar-refractivity contribution >= 4 is 23.0 Å². The monoisotopic (exact) mass is 273 g/mol. The lowest BCUT2D eigenvalue weighted by Gasteiger charge is -2.22. The molecule has 6 nitrogen and oxygen atoms in total. The lowest BCUT2D eigenvalue weighted by Crippen LogP contribution is -2.34. The zero-order valence-corrected chi connectivity index (χ0v) is 11.8. The number of hydrogen-bond acceptors (Lipinski definition) is 4. The number of carbonyl (C=O) groups excluding carboxylic acids is 1. The topological polar surface area (TPSA) is 77.0 Å². The van der Waals surface area contributed by atoms with Crippen LogP contribution >= 0.6 is 0 Å². The number of carbonyl (C=O) groups is 1. The van der Waals surface area contributed by atoms with Crippen molar-refractivity contribution in [1.82, 2.24) is 19.4 Å². The van der Waals surface area contributed by atoms with Crippen molar-refractivity contribution in [3.63, 3.8) is 0 Å². The van der Waals surface area contributed by atoms with Gasteiger partial charge in [0.15, 0.2) is 5.65 Å². The summed E-state index contributed by atoms with van der Waals surface area (Å²) in [6.45, 7) is 5.49. The number of pyridine rings is 1. The molecule has 0 saturated carbocycles. The molecular formula is C14H19N5O. The van der Waals surface area contributed by atoms with E-state index in [1.165, 1.54) is 0 Å². The Morgan fingerprint density at radius 3 is 2.80 bits per heavy atom. The molecule has 106 valence electrons. The van der Waals surface area contributed by atoms with Gasteiger partial charge in [0.1, 0.15) is 11.6 Å². The summed E-state index contributed by atoms with van der Waals surface area (Å²) in [4.78, 5) is 23.1. The highest BCUT2D eigenvalue weighted by molar-refractivity contribution is 5.84. The van der Waals surface area contributed by atoms with Crippen LogP contribution in [0, 0.1) is 6.92 Å². The Kier molecular flexibility index (Phi) is 3.08. The number of amides is 1. The Balaban J connectivity index is 2.00. The largest absolute Gasteiger partial charge is 0.369 e. The van der Waals surface area contributed by atoms with Crippen LogP contribution in [0.25, 0.3) is 11.2 Å². The number of imidazole rings is 1. The second-order valence-corrected chi connectivity index (χ2v) is 5.40. The van der Waals surface area contributed by atoms with Gasteiger partial charge in [0.25, 0.3) is 0 Å². The third kappa shape index (κ3) is 2.01. The summed E-state index contributed by atoms with van der Waals surface area (Å²) in [7, 11) is 0. The Labute approximate surface area is 117 Å². The molecule has 1 aliphatic heterocycles. The molecule has 0 spiro atoms. The van der Waals surface area contributed by atoms with Crippen LogP contribution in [0.1, 0.15) is 31.4 Å². The van der Waals surface area contributed by atoms with Crippen molar-refractivity contribution in [3.05, 3.63) is 17.8 Å². The number of aromatic nitrogens is 3. The number of nitrogens with two attached hydrogens (primary N) is 1. The fourth-order valence-corrected chi connectivity index (χ4v) is 2.79. The quantitative estimate of drug-likeness (QED) is 0.899. The molecule has 20 heavy (non-hydrogen) atoms. The van der Waals surface area contributed by atoms with Crippen molar-refractivity contribution in [2.45, 2.75) is 32.7 Å². The van der Waals surface area contributed by atoms with Crippen LogP contribution in [0.5, 0.6) is 0 Å². The molecule has 0 aromatic carbocycles. The second kappa shape index (κ2) is 4.77. The molecule has 2 aromatic heterocycles. The number of likely N-dealkylation sites (tertiary alicyclic amines) is 1. The van der Waals surface area contributed by atoms with Crippen molar-refractivity contribution in [3.8, 4) is 0 Å². The first-order valence-corrected chi connectivity index (χ1v) is 6.97. The van der Waals surface area contributed by atoms with E-state index in [2.05, 4.69) is 9.97 Å². The number of aryl methyl sites for hydroxylation is 1. The molecule has 0 radical (unpaired) electrons. The van der Waals surface area contributed by atoms with E-state index in [0.29, 0.717) is 11.6 Å². The van der Waals surface area contributed by atoms with Crippen LogP contribution in [0.2, 0.25) is 0 Å². The zero-order valence-electron chi connectivity index (χ0n) is 11.8. The van der Waals surface area contributed by atoms with Crippen molar-refractivity contribution < 1.29 is 4.79 Å². The normalized spacial score (nSPS) is 16.8. The van der Waals surface area contributed by atoms with E-state index >= 15 is 0 Å². The van der Waals surface area contributed by atoms with E-state index in [9.17, 15) is 4.79 Å². The molecule has 1 unspecified atom stereocenters. The van der Waals surface area contributed by atoms with Crippen LogP contribution < -0.4 is 5.73 Å². The average Bonchev–Trinajstić information content (AvgIpc) is 3.03. The molecule has 1 aliphatic rings. The first-order valence-electron chi connectivity index (χ1n) is 6.97. The molecule has 1 amide bonds. The molecule has 1 fully saturated rings. The molecule has 0 bridgehead atoms. The van der Waals surface area contributed by atoms with Gasteiger partial charge in [-0.05, 0) is 38.3 Å². The first kappa shape index (κ1) is 12.9. The molecule has 6 heteroatoms. The second-order valence-electron chi connectivity index (χ2n) is 5.40. The van der Waals surface area contributed by atoms with E-state index in [-0.39, 0.29) is 11.9 Å². The minimum Gasteiger partial charge on any atom is -0.369 e. The molecule has 2 aromatic rings. The fraction of sp³-hybridized carbons (Fsp3) is 0.500. The zero-order chi connectivity index (χ0) is 14.3. The summed E-state index contributed by atoms with van der Waals surface area (Å²) < 4.78 is 1.73. The molecule has 2 N–H and O–H groups in total. The van der Waals surface area contributed by atoms with E-state index in [1.807, 2.05) is 24.8 Å². The predicted octanol–water partition coefficient (Wildman–Crippen LogP) is 1.51. The summed E-state index contributed by atoms with van der Waals surface area (Å²) in [5, 5.41) is 0. The SMILES string of the molecule is Cc1cnc2c(c1)nc(N)n2C(C)C(=O)N1CCCC1. The van der Waals surface area contributed by atoms with Gasteiger partial charge in [-0.2, -0.15) is 0 Å². The molecule has 3 rings (SSSR count). The van der Waals surface area contributed by atoms with E-state index < -0.39 is 0 Å². The van der Waals surface area contributed by atoms with Gasteiger partial charge in [-0.3, -0.25) is 9.36 Å². The summed E-state index contributed by atoms with van der Waals surface area (Å²) in [5.41, 5.74) is 8.42. The number of rotatable bonds is 2. The molecule has 1 saturated heterocycles. The summed E-state index contributed by atoms with van der Waals surface area (Å²) in [6, 6.07) is 1.57. The third-order valence-corrected chi connectivity index (χ3v) is 3.86. The first-order chi connectivity index (χ1) is 9.58. The molecule has 0 aliphatic carbocycles. The van der Waals surface area contributed by atoms with Gasteiger partial charge in [-0.15, -0.1) is 0 Å². The summed E-state index contributed by atoms with van der Waals surface area (Å²) in [5.74, 6) is 0.439. The van der Waals surface area contributed by atoms with Gasteiger partial charge in [0.2, 0.25) is 11.9 Å². The highest BCUT2D eigenvalue weighted by atomic mass is 16.2. The Hall–Kier alpha value is -2.11. The van der Waals surface area contributed by atoms with Gasteiger partial charge < -0.3 is 10.6 Å². The Bertz CT molecular complexity index is 657. The van der Waals surface area contributed by atoms with Gasteiger partial charge in [-0.25, -0.2) is 9.97 Å². The smallest absolute Gasteiger partial charge is 0.245 e. The van der Waals surface area contributed by atoms with Crippen molar-refractivity contribution in [2.24, 2.45) is 0 Å². The standard InChI is InChI=1S/C14H19N5O/c1-9-7-11-12(16-8-9)19(14(15)17-11)10(2)13(20)18-5-3-4-6-18/h7-8,10H,3-6H2,1-2H3,(H2,15,17). The maximum atomic E-state index is 12.5. The number of anilines is 1. The Morgan fingerprint density at radius 2 is 2.10 bits per heavy atom. The maximum absolute atomic E-state index is 12.5. The minimum atomic E-state index is -0.367. The van der Waals surface area contributed by atoms with E-state index in [4.69, 9.17) is 5.73 Å². The number of fused-ring (bicyclic) bond motifs is 1. The minimum absolute atomic E-state index is 0.0934. The lowest BCUT2D eigenvalue weighted by atomic mass is 10.2. The number of hydrogen-bond donors (Lipinski definition) is 1. The summed E-state index contributed by atoms with van der Waals surface area (Å²) in [6.07, 6.45) is 3.93. The van der Waals surface area contributed by atoms with Gasteiger partial charge >= 0.3 is 0 Å². The van der Waals surface area contributed by atoms with Crippen LogP contribution in [0.3, 0.4) is 0 Å². The lowest BCUT2D eigenvalue weighted by molar-refractivity contribution is -0.133.